The molecule has 0 saturated carbocycles. The Morgan fingerprint density at radius 3 is 2.55 bits per heavy atom. The van der Waals surface area contributed by atoms with Crippen molar-refractivity contribution in [3.63, 3.8) is 0 Å². The smallest absolute Gasteiger partial charge is 0.317 e. The predicted octanol–water partition coefficient (Wildman–Crippen LogP) is 3.82. The van der Waals surface area contributed by atoms with E-state index in [1.807, 2.05) is 41.3 Å². The van der Waals surface area contributed by atoms with E-state index < -0.39 is 0 Å². The lowest BCUT2D eigenvalue weighted by Crippen LogP contribution is -2.45. The molecule has 0 aliphatic carbocycles. The first-order chi connectivity index (χ1) is 15.0. The van der Waals surface area contributed by atoms with Crippen LogP contribution >= 0.6 is 0 Å². The van der Waals surface area contributed by atoms with E-state index in [0.29, 0.717) is 31.1 Å². The van der Waals surface area contributed by atoms with Crippen LogP contribution in [0.2, 0.25) is 0 Å². The lowest BCUT2D eigenvalue weighted by atomic mass is 10.2. The first kappa shape index (κ1) is 22.5. The maximum atomic E-state index is 13.0. The molecule has 1 aliphatic rings. The van der Waals surface area contributed by atoms with Gasteiger partial charge in [-0.2, -0.15) is 0 Å². The maximum absolute atomic E-state index is 13.0. The Labute approximate surface area is 183 Å². The van der Waals surface area contributed by atoms with E-state index in [4.69, 9.17) is 9.47 Å². The summed E-state index contributed by atoms with van der Waals surface area (Å²) in [5, 5.41) is 3.06. The number of methoxy groups -OCH3 is 2. The third-order valence-corrected chi connectivity index (χ3v) is 5.42. The van der Waals surface area contributed by atoms with Gasteiger partial charge in [0.25, 0.3) is 0 Å². The molecule has 31 heavy (non-hydrogen) atoms. The standard InChI is InChI=1S/C24H31N3O4/c1-4-5-13-26(16-18-9-7-6-8-10-18)24(29)25-19-14-23(28)27(17-19)20-11-12-21(30-2)22(15-20)31-3/h6-12,15,19H,4-5,13-14,16-17H2,1-3H3,(H,25,29). The van der Waals surface area contributed by atoms with Crippen molar-refractivity contribution in [2.75, 3.05) is 32.2 Å². The van der Waals surface area contributed by atoms with Crippen molar-refractivity contribution in [1.29, 1.82) is 0 Å². The van der Waals surface area contributed by atoms with Gasteiger partial charge in [0, 0.05) is 37.8 Å². The maximum Gasteiger partial charge on any atom is 0.317 e. The van der Waals surface area contributed by atoms with Crippen LogP contribution in [0.3, 0.4) is 0 Å². The largest absolute Gasteiger partial charge is 0.493 e. The third kappa shape index (κ3) is 5.69. The molecule has 1 atom stereocenters. The average molecular weight is 426 g/mol. The van der Waals surface area contributed by atoms with Crippen molar-refractivity contribution >= 4 is 17.6 Å². The molecule has 0 aromatic heterocycles. The Hall–Kier alpha value is -3.22. The summed E-state index contributed by atoms with van der Waals surface area (Å²) in [5.74, 6) is 1.14. The number of carbonyl (C=O) groups excluding carboxylic acids is 2. The Morgan fingerprint density at radius 1 is 1.13 bits per heavy atom. The van der Waals surface area contributed by atoms with E-state index in [0.717, 1.165) is 24.1 Å². The summed E-state index contributed by atoms with van der Waals surface area (Å²) in [7, 11) is 3.14. The van der Waals surface area contributed by atoms with E-state index in [1.54, 1.807) is 31.3 Å². The van der Waals surface area contributed by atoms with Crippen LogP contribution in [0.5, 0.6) is 11.5 Å². The zero-order valence-electron chi connectivity index (χ0n) is 18.5. The molecule has 1 saturated heterocycles. The van der Waals surface area contributed by atoms with Gasteiger partial charge >= 0.3 is 6.03 Å². The van der Waals surface area contributed by atoms with Crippen LogP contribution in [0.15, 0.2) is 48.5 Å². The van der Waals surface area contributed by atoms with Gasteiger partial charge in [0.1, 0.15) is 0 Å². The molecule has 7 nitrogen and oxygen atoms in total. The van der Waals surface area contributed by atoms with E-state index >= 15 is 0 Å². The second kappa shape index (κ2) is 10.7. The number of hydrogen-bond donors (Lipinski definition) is 1. The Balaban J connectivity index is 1.66. The fraction of sp³-hybridized carbons (Fsp3) is 0.417. The number of nitrogens with zero attached hydrogens (tertiary/aromatic N) is 2. The average Bonchev–Trinajstić information content (AvgIpc) is 3.16. The van der Waals surface area contributed by atoms with Crippen LogP contribution < -0.4 is 19.7 Å². The van der Waals surface area contributed by atoms with Gasteiger partial charge in [0.05, 0.1) is 20.3 Å². The van der Waals surface area contributed by atoms with E-state index in [9.17, 15) is 9.59 Å². The highest BCUT2D eigenvalue weighted by Crippen LogP contribution is 2.33. The summed E-state index contributed by atoms with van der Waals surface area (Å²) in [5.41, 5.74) is 1.81. The fourth-order valence-corrected chi connectivity index (χ4v) is 3.72. The van der Waals surface area contributed by atoms with Crippen LogP contribution in [-0.4, -0.2) is 50.2 Å². The highest BCUT2D eigenvalue weighted by atomic mass is 16.5. The highest BCUT2D eigenvalue weighted by Gasteiger charge is 2.33. The van der Waals surface area contributed by atoms with Crippen molar-refractivity contribution < 1.29 is 19.1 Å². The number of urea groups is 1. The SMILES string of the molecule is CCCCN(Cc1ccccc1)C(=O)NC1CC(=O)N(c2ccc(OC)c(OC)c2)C1. The highest BCUT2D eigenvalue weighted by molar-refractivity contribution is 5.97. The molecular formula is C24H31N3O4. The molecule has 1 heterocycles. The molecule has 0 bridgehead atoms. The van der Waals surface area contributed by atoms with E-state index in [1.165, 1.54) is 0 Å². The van der Waals surface area contributed by atoms with Gasteiger partial charge in [-0.1, -0.05) is 43.7 Å². The first-order valence-electron chi connectivity index (χ1n) is 10.7. The molecule has 1 N–H and O–H groups in total. The predicted molar refractivity (Wildman–Crippen MR) is 121 cm³/mol. The van der Waals surface area contributed by atoms with Crippen LogP contribution in [0.1, 0.15) is 31.7 Å². The van der Waals surface area contributed by atoms with E-state index in [-0.39, 0.29) is 24.4 Å². The van der Waals surface area contributed by atoms with Gasteiger partial charge < -0.3 is 24.6 Å². The zero-order chi connectivity index (χ0) is 22.2. The van der Waals surface area contributed by atoms with Gasteiger partial charge in [-0.05, 0) is 24.1 Å². The number of nitrogens with one attached hydrogen (secondary N) is 1. The van der Waals surface area contributed by atoms with Gasteiger partial charge in [-0.3, -0.25) is 4.79 Å². The number of hydrogen-bond acceptors (Lipinski definition) is 4. The number of benzene rings is 2. The minimum atomic E-state index is -0.243. The van der Waals surface area contributed by atoms with Crippen LogP contribution in [0, 0.1) is 0 Å². The first-order valence-corrected chi connectivity index (χ1v) is 10.7. The van der Waals surface area contributed by atoms with Gasteiger partial charge in [0.2, 0.25) is 5.91 Å². The minimum absolute atomic E-state index is 0.0271. The molecule has 2 aromatic rings. The third-order valence-electron chi connectivity index (χ3n) is 5.42. The molecule has 7 heteroatoms. The summed E-state index contributed by atoms with van der Waals surface area (Å²) >= 11 is 0. The summed E-state index contributed by atoms with van der Waals surface area (Å²) in [6, 6.07) is 15.0. The van der Waals surface area contributed by atoms with Gasteiger partial charge in [0.15, 0.2) is 11.5 Å². The van der Waals surface area contributed by atoms with Crippen molar-refractivity contribution in [2.24, 2.45) is 0 Å². The Bertz CT molecular complexity index is 888. The normalized spacial score (nSPS) is 15.6. The molecular weight excluding hydrogens is 394 g/mol. The molecule has 1 unspecified atom stereocenters. The molecule has 0 radical (unpaired) electrons. The molecule has 3 rings (SSSR count). The quantitative estimate of drug-likeness (QED) is 0.663. The number of anilines is 1. The monoisotopic (exact) mass is 425 g/mol. The Morgan fingerprint density at radius 2 is 1.87 bits per heavy atom. The second-order valence-corrected chi connectivity index (χ2v) is 7.65. The topological polar surface area (TPSA) is 71.1 Å². The number of unbranched alkanes of at least 4 members (excludes halogenated alkanes) is 1. The van der Waals surface area contributed by atoms with Crippen LogP contribution in [0.25, 0.3) is 0 Å². The molecule has 1 fully saturated rings. The Kier molecular flexibility index (Phi) is 7.76. The number of rotatable bonds is 9. The minimum Gasteiger partial charge on any atom is -0.493 e. The summed E-state index contributed by atoms with van der Waals surface area (Å²) in [4.78, 5) is 29.1. The molecule has 1 aliphatic heterocycles. The summed E-state index contributed by atoms with van der Waals surface area (Å²) < 4.78 is 10.6. The second-order valence-electron chi connectivity index (χ2n) is 7.65. The molecule has 2 aromatic carbocycles. The number of carbonyl (C=O) groups is 2. The van der Waals surface area contributed by atoms with Crippen molar-refractivity contribution in [2.45, 2.75) is 38.8 Å². The lowest BCUT2D eigenvalue weighted by molar-refractivity contribution is -0.117. The summed E-state index contributed by atoms with van der Waals surface area (Å²) in [6.07, 6.45) is 2.21. The van der Waals surface area contributed by atoms with Crippen molar-refractivity contribution in [3.05, 3.63) is 54.1 Å². The number of amides is 3. The van der Waals surface area contributed by atoms with Crippen molar-refractivity contribution in [3.8, 4) is 11.5 Å². The van der Waals surface area contributed by atoms with Crippen LogP contribution in [0.4, 0.5) is 10.5 Å². The lowest BCUT2D eigenvalue weighted by Gasteiger charge is -2.25. The van der Waals surface area contributed by atoms with Crippen LogP contribution in [-0.2, 0) is 11.3 Å². The van der Waals surface area contributed by atoms with Gasteiger partial charge in [-0.25, -0.2) is 4.79 Å². The summed E-state index contributed by atoms with van der Waals surface area (Å²) in [6.45, 7) is 3.76. The molecule has 0 spiro atoms. The zero-order valence-corrected chi connectivity index (χ0v) is 18.5. The number of ether oxygens (including phenoxy) is 2. The van der Waals surface area contributed by atoms with Crippen molar-refractivity contribution in [1.82, 2.24) is 10.2 Å². The fourth-order valence-electron chi connectivity index (χ4n) is 3.72. The molecule has 3 amide bonds. The van der Waals surface area contributed by atoms with E-state index in [2.05, 4.69) is 12.2 Å². The molecule has 166 valence electrons. The van der Waals surface area contributed by atoms with Gasteiger partial charge in [-0.15, -0.1) is 0 Å².